The van der Waals surface area contributed by atoms with E-state index in [2.05, 4.69) is 15.3 Å². The first-order valence-corrected chi connectivity index (χ1v) is 6.89. The van der Waals surface area contributed by atoms with Gasteiger partial charge in [-0.15, -0.1) is 11.3 Å². The summed E-state index contributed by atoms with van der Waals surface area (Å²) in [6.07, 6.45) is 1.25. The SMILES string of the molecule is CNCc1cc(F)cnc1N(C)Cc1csc(C)n1. The average molecular weight is 280 g/mol. The Hall–Kier alpha value is -1.53. The quantitative estimate of drug-likeness (QED) is 0.912. The van der Waals surface area contributed by atoms with Gasteiger partial charge < -0.3 is 10.2 Å². The second-order valence-electron chi connectivity index (χ2n) is 4.38. The molecule has 0 fully saturated rings. The summed E-state index contributed by atoms with van der Waals surface area (Å²) in [5.41, 5.74) is 1.85. The van der Waals surface area contributed by atoms with E-state index in [9.17, 15) is 4.39 Å². The van der Waals surface area contributed by atoms with Gasteiger partial charge in [0.15, 0.2) is 0 Å². The fourth-order valence-electron chi connectivity index (χ4n) is 1.94. The molecule has 0 amide bonds. The number of hydrogen-bond donors (Lipinski definition) is 1. The zero-order valence-electron chi connectivity index (χ0n) is 11.3. The van der Waals surface area contributed by atoms with E-state index in [0.29, 0.717) is 13.1 Å². The maximum absolute atomic E-state index is 13.2. The van der Waals surface area contributed by atoms with Gasteiger partial charge in [-0.3, -0.25) is 0 Å². The Balaban J connectivity index is 2.20. The molecule has 4 nitrogen and oxygen atoms in total. The van der Waals surface area contributed by atoms with Crippen molar-refractivity contribution in [2.45, 2.75) is 20.0 Å². The second-order valence-corrected chi connectivity index (χ2v) is 5.44. The number of rotatable bonds is 5. The fraction of sp³-hybridized carbons (Fsp3) is 0.385. The van der Waals surface area contributed by atoms with Crippen molar-refractivity contribution in [1.82, 2.24) is 15.3 Å². The van der Waals surface area contributed by atoms with Gasteiger partial charge in [0, 0.05) is 24.5 Å². The topological polar surface area (TPSA) is 41.1 Å². The van der Waals surface area contributed by atoms with Crippen molar-refractivity contribution in [2.75, 3.05) is 19.0 Å². The molecule has 0 bridgehead atoms. The van der Waals surface area contributed by atoms with Gasteiger partial charge in [0.25, 0.3) is 0 Å². The Morgan fingerprint density at radius 1 is 1.47 bits per heavy atom. The van der Waals surface area contributed by atoms with Gasteiger partial charge in [-0.1, -0.05) is 0 Å². The maximum atomic E-state index is 13.2. The Bertz CT molecular complexity index is 555. The lowest BCUT2D eigenvalue weighted by atomic mass is 10.2. The summed E-state index contributed by atoms with van der Waals surface area (Å²) in [5, 5.41) is 6.11. The number of pyridine rings is 1. The van der Waals surface area contributed by atoms with Crippen molar-refractivity contribution >= 4 is 17.2 Å². The Kier molecular flexibility index (Phi) is 4.44. The Labute approximate surface area is 116 Å². The van der Waals surface area contributed by atoms with Crippen LogP contribution in [0.25, 0.3) is 0 Å². The molecule has 2 aromatic heterocycles. The molecule has 19 heavy (non-hydrogen) atoms. The van der Waals surface area contributed by atoms with E-state index in [0.717, 1.165) is 22.1 Å². The van der Waals surface area contributed by atoms with E-state index in [1.54, 1.807) is 11.3 Å². The summed E-state index contributed by atoms with van der Waals surface area (Å²) in [6, 6.07) is 1.52. The lowest BCUT2D eigenvalue weighted by molar-refractivity contribution is 0.615. The van der Waals surface area contributed by atoms with Gasteiger partial charge in [-0.2, -0.15) is 0 Å². The fourth-order valence-corrected chi connectivity index (χ4v) is 2.54. The number of hydrogen-bond acceptors (Lipinski definition) is 5. The lowest BCUT2D eigenvalue weighted by Crippen LogP contribution is -2.21. The zero-order chi connectivity index (χ0) is 13.8. The van der Waals surface area contributed by atoms with Gasteiger partial charge in [-0.25, -0.2) is 14.4 Å². The van der Waals surface area contributed by atoms with Crippen LogP contribution in [0.3, 0.4) is 0 Å². The first-order valence-electron chi connectivity index (χ1n) is 6.01. The smallest absolute Gasteiger partial charge is 0.141 e. The highest BCUT2D eigenvalue weighted by atomic mass is 32.1. The standard InChI is InChI=1S/C13H17FN4S/c1-9-17-12(8-19-9)7-18(3)13-10(5-15-2)4-11(14)6-16-13/h4,6,8,15H,5,7H2,1-3H3. The van der Waals surface area contributed by atoms with Gasteiger partial charge in [0.1, 0.15) is 11.6 Å². The summed E-state index contributed by atoms with van der Waals surface area (Å²) in [5.74, 6) is 0.466. The summed E-state index contributed by atoms with van der Waals surface area (Å²) in [6.45, 7) is 3.23. The first kappa shape index (κ1) is 13.9. The molecule has 0 radical (unpaired) electrons. The van der Waals surface area contributed by atoms with Gasteiger partial charge in [-0.05, 0) is 20.0 Å². The molecule has 2 heterocycles. The molecular weight excluding hydrogens is 263 g/mol. The van der Waals surface area contributed by atoms with Gasteiger partial charge in [0.05, 0.1) is 23.4 Å². The van der Waals surface area contributed by atoms with E-state index in [4.69, 9.17) is 0 Å². The van der Waals surface area contributed by atoms with Crippen LogP contribution in [0.15, 0.2) is 17.6 Å². The summed E-state index contributed by atoms with van der Waals surface area (Å²) >= 11 is 1.63. The average Bonchev–Trinajstić information content (AvgIpc) is 2.75. The van der Waals surface area contributed by atoms with Crippen molar-refractivity contribution in [3.05, 3.63) is 39.7 Å². The first-order chi connectivity index (χ1) is 9.10. The number of anilines is 1. The molecule has 0 aliphatic carbocycles. The molecule has 0 saturated heterocycles. The minimum atomic E-state index is -0.313. The van der Waals surface area contributed by atoms with Crippen LogP contribution in [-0.2, 0) is 13.1 Å². The molecule has 0 unspecified atom stereocenters. The third-order valence-corrected chi connectivity index (χ3v) is 3.53. The Morgan fingerprint density at radius 2 is 2.26 bits per heavy atom. The number of aromatic nitrogens is 2. The van der Waals surface area contributed by atoms with Crippen molar-refractivity contribution in [2.24, 2.45) is 0 Å². The minimum Gasteiger partial charge on any atom is -0.353 e. The molecule has 2 rings (SSSR count). The molecule has 0 aromatic carbocycles. The lowest BCUT2D eigenvalue weighted by Gasteiger charge is -2.20. The van der Waals surface area contributed by atoms with E-state index in [-0.39, 0.29) is 5.82 Å². The third-order valence-electron chi connectivity index (χ3n) is 2.70. The minimum absolute atomic E-state index is 0.313. The normalized spacial score (nSPS) is 10.7. The van der Waals surface area contributed by atoms with Crippen LogP contribution in [0.4, 0.5) is 10.2 Å². The van der Waals surface area contributed by atoms with Crippen LogP contribution in [-0.4, -0.2) is 24.1 Å². The molecule has 0 aliphatic rings. The van der Waals surface area contributed by atoms with Crippen LogP contribution in [0.1, 0.15) is 16.3 Å². The number of halogens is 1. The third kappa shape index (κ3) is 3.48. The molecule has 2 aromatic rings. The molecule has 0 saturated carbocycles. The van der Waals surface area contributed by atoms with Crippen LogP contribution in [0.2, 0.25) is 0 Å². The number of nitrogens with zero attached hydrogens (tertiary/aromatic N) is 3. The molecule has 0 spiro atoms. The van der Waals surface area contributed by atoms with Crippen LogP contribution < -0.4 is 10.2 Å². The van der Waals surface area contributed by atoms with Crippen LogP contribution in [0, 0.1) is 12.7 Å². The molecule has 1 N–H and O–H groups in total. The van der Waals surface area contributed by atoms with E-state index in [1.165, 1.54) is 12.3 Å². The largest absolute Gasteiger partial charge is 0.353 e. The van der Waals surface area contributed by atoms with Crippen LogP contribution in [0.5, 0.6) is 0 Å². The molecule has 0 atom stereocenters. The highest BCUT2D eigenvalue weighted by molar-refractivity contribution is 7.09. The van der Waals surface area contributed by atoms with Crippen molar-refractivity contribution in [3.63, 3.8) is 0 Å². The summed E-state index contributed by atoms with van der Waals surface area (Å²) in [7, 11) is 3.77. The molecule has 6 heteroatoms. The number of thiazole rings is 1. The zero-order valence-corrected chi connectivity index (χ0v) is 12.1. The highest BCUT2D eigenvalue weighted by Crippen LogP contribution is 2.20. The maximum Gasteiger partial charge on any atom is 0.141 e. The van der Waals surface area contributed by atoms with E-state index in [1.807, 2.05) is 31.3 Å². The molecule has 0 aliphatic heterocycles. The predicted octanol–water partition coefficient (Wildman–Crippen LogP) is 2.34. The monoisotopic (exact) mass is 280 g/mol. The number of nitrogens with one attached hydrogen (secondary N) is 1. The second kappa shape index (κ2) is 6.08. The number of aryl methyl sites for hydroxylation is 1. The Morgan fingerprint density at radius 3 is 2.89 bits per heavy atom. The molecular formula is C13H17FN4S. The van der Waals surface area contributed by atoms with Gasteiger partial charge in [0.2, 0.25) is 0 Å². The van der Waals surface area contributed by atoms with E-state index < -0.39 is 0 Å². The highest BCUT2D eigenvalue weighted by Gasteiger charge is 2.11. The summed E-state index contributed by atoms with van der Waals surface area (Å²) in [4.78, 5) is 10.6. The van der Waals surface area contributed by atoms with Gasteiger partial charge >= 0.3 is 0 Å². The molecule has 102 valence electrons. The van der Waals surface area contributed by atoms with Crippen molar-refractivity contribution in [3.8, 4) is 0 Å². The van der Waals surface area contributed by atoms with Crippen LogP contribution >= 0.6 is 11.3 Å². The summed E-state index contributed by atoms with van der Waals surface area (Å²) < 4.78 is 13.2. The predicted molar refractivity (Wildman–Crippen MR) is 75.9 cm³/mol. The van der Waals surface area contributed by atoms with E-state index >= 15 is 0 Å². The van der Waals surface area contributed by atoms with Crippen molar-refractivity contribution in [1.29, 1.82) is 0 Å². The van der Waals surface area contributed by atoms with Crippen molar-refractivity contribution < 1.29 is 4.39 Å².